The first kappa shape index (κ1) is 14.7. The van der Waals surface area contributed by atoms with Gasteiger partial charge in [-0.2, -0.15) is 0 Å². The third-order valence-electron chi connectivity index (χ3n) is 2.94. The summed E-state index contributed by atoms with van der Waals surface area (Å²) in [6, 6.07) is 8.81. The van der Waals surface area contributed by atoms with Crippen molar-refractivity contribution in [3.63, 3.8) is 0 Å². The number of nitrogens with zero attached hydrogens (tertiary/aromatic N) is 1. The molecule has 1 atom stereocenters. The van der Waals surface area contributed by atoms with Crippen molar-refractivity contribution >= 4 is 17.6 Å². The van der Waals surface area contributed by atoms with E-state index >= 15 is 0 Å². The van der Waals surface area contributed by atoms with Crippen LogP contribution < -0.4 is 11.1 Å². The summed E-state index contributed by atoms with van der Waals surface area (Å²) in [5, 5.41) is 11.5. The molecule has 1 heterocycles. The zero-order valence-corrected chi connectivity index (χ0v) is 11.2. The van der Waals surface area contributed by atoms with Gasteiger partial charge in [-0.3, -0.25) is 9.78 Å². The van der Waals surface area contributed by atoms with Crippen molar-refractivity contribution in [2.45, 2.75) is 12.5 Å². The molecule has 0 spiro atoms. The predicted molar refractivity (Wildman–Crippen MR) is 77.9 cm³/mol. The number of hydrogen-bond donors (Lipinski definition) is 3. The standard InChI is InChI=1S/C15H15N3O3/c16-13(9-10-5-7-17-8-6-10)14(19)18-12-3-1-11(2-4-12)15(20)21/h1-8,13H,9,16H2,(H,18,19)(H,20,21). The number of carboxylic acid groups (broad SMARTS) is 1. The van der Waals surface area contributed by atoms with Gasteiger partial charge in [0.2, 0.25) is 5.91 Å². The maximum absolute atomic E-state index is 12.0. The molecule has 108 valence electrons. The number of anilines is 1. The van der Waals surface area contributed by atoms with E-state index in [1.54, 1.807) is 24.5 Å². The summed E-state index contributed by atoms with van der Waals surface area (Å²) in [7, 11) is 0. The van der Waals surface area contributed by atoms with E-state index < -0.39 is 12.0 Å². The number of rotatable bonds is 5. The van der Waals surface area contributed by atoms with Crippen LogP contribution in [0.2, 0.25) is 0 Å². The Balaban J connectivity index is 1.95. The lowest BCUT2D eigenvalue weighted by Gasteiger charge is -2.12. The van der Waals surface area contributed by atoms with Crippen LogP contribution in [0.25, 0.3) is 0 Å². The average Bonchev–Trinajstić information content (AvgIpc) is 2.48. The molecule has 0 aliphatic carbocycles. The molecule has 1 unspecified atom stereocenters. The second kappa shape index (κ2) is 6.62. The van der Waals surface area contributed by atoms with Gasteiger partial charge in [0.05, 0.1) is 11.6 Å². The summed E-state index contributed by atoms with van der Waals surface area (Å²) in [5.41, 5.74) is 7.44. The number of aromatic carboxylic acids is 1. The SMILES string of the molecule is NC(Cc1ccncc1)C(=O)Nc1ccc(C(=O)O)cc1. The first-order valence-corrected chi connectivity index (χ1v) is 6.35. The Morgan fingerprint density at radius 3 is 2.33 bits per heavy atom. The number of nitrogens with two attached hydrogens (primary N) is 1. The predicted octanol–water partition coefficient (Wildman–Crippen LogP) is 1.29. The van der Waals surface area contributed by atoms with E-state index in [9.17, 15) is 9.59 Å². The van der Waals surface area contributed by atoms with Crippen LogP contribution in [0.15, 0.2) is 48.8 Å². The van der Waals surface area contributed by atoms with E-state index in [4.69, 9.17) is 10.8 Å². The maximum atomic E-state index is 12.0. The molecule has 21 heavy (non-hydrogen) atoms. The lowest BCUT2D eigenvalue weighted by molar-refractivity contribution is -0.117. The van der Waals surface area contributed by atoms with Crippen molar-refractivity contribution in [3.8, 4) is 0 Å². The van der Waals surface area contributed by atoms with Crippen LogP contribution in [0.5, 0.6) is 0 Å². The Labute approximate surface area is 121 Å². The van der Waals surface area contributed by atoms with E-state index in [2.05, 4.69) is 10.3 Å². The molecule has 4 N–H and O–H groups in total. The average molecular weight is 285 g/mol. The number of carbonyl (C=O) groups is 2. The van der Waals surface area contributed by atoms with Crippen LogP contribution in [-0.2, 0) is 11.2 Å². The van der Waals surface area contributed by atoms with Gasteiger partial charge in [0.1, 0.15) is 0 Å². The van der Waals surface area contributed by atoms with Crippen LogP contribution in [-0.4, -0.2) is 28.0 Å². The molecule has 0 saturated carbocycles. The smallest absolute Gasteiger partial charge is 0.335 e. The third kappa shape index (κ3) is 4.12. The molecule has 6 nitrogen and oxygen atoms in total. The highest BCUT2D eigenvalue weighted by atomic mass is 16.4. The van der Waals surface area contributed by atoms with E-state index in [1.165, 1.54) is 24.3 Å². The van der Waals surface area contributed by atoms with Crippen molar-refractivity contribution in [1.82, 2.24) is 4.98 Å². The minimum absolute atomic E-state index is 0.161. The number of nitrogens with one attached hydrogen (secondary N) is 1. The molecule has 0 aliphatic heterocycles. The second-order valence-electron chi connectivity index (χ2n) is 4.54. The van der Waals surface area contributed by atoms with Gasteiger partial charge >= 0.3 is 5.97 Å². The van der Waals surface area contributed by atoms with Gasteiger partial charge in [0.25, 0.3) is 0 Å². The topological polar surface area (TPSA) is 105 Å². The van der Waals surface area contributed by atoms with Crippen molar-refractivity contribution in [3.05, 3.63) is 59.9 Å². The Hall–Kier alpha value is -2.73. The maximum Gasteiger partial charge on any atom is 0.335 e. The largest absolute Gasteiger partial charge is 0.478 e. The zero-order valence-electron chi connectivity index (χ0n) is 11.2. The Morgan fingerprint density at radius 1 is 1.14 bits per heavy atom. The minimum Gasteiger partial charge on any atom is -0.478 e. The minimum atomic E-state index is -1.01. The van der Waals surface area contributed by atoms with Gasteiger partial charge in [-0.15, -0.1) is 0 Å². The van der Waals surface area contributed by atoms with E-state index in [0.717, 1.165) is 5.56 Å². The molecular formula is C15H15N3O3. The summed E-state index contributed by atoms with van der Waals surface area (Å²) >= 11 is 0. The summed E-state index contributed by atoms with van der Waals surface area (Å²) in [6.07, 6.45) is 3.69. The first-order chi connectivity index (χ1) is 10.1. The second-order valence-corrected chi connectivity index (χ2v) is 4.54. The fourth-order valence-corrected chi connectivity index (χ4v) is 1.80. The fraction of sp³-hybridized carbons (Fsp3) is 0.133. The quantitative estimate of drug-likeness (QED) is 0.767. The number of carbonyl (C=O) groups excluding carboxylic acids is 1. The van der Waals surface area contributed by atoms with Gasteiger partial charge in [-0.05, 0) is 48.4 Å². The van der Waals surface area contributed by atoms with Crippen LogP contribution in [0, 0.1) is 0 Å². The Morgan fingerprint density at radius 2 is 1.76 bits per heavy atom. The summed E-state index contributed by atoms with van der Waals surface area (Å²) in [4.78, 5) is 26.6. The van der Waals surface area contributed by atoms with Crippen molar-refractivity contribution in [2.24, 2.45) is 5.73 Å². The normalized spacial score (nSPS) is 11.7. The molecule has 2 aromatic rings. The number of aromatic nitrogens is 1. The lowest BCUT2D eigenvalue weighted by atomic mass is 10.1. The highest BCUT2D eigenvalue weighted by Crippen LogP contribution is 2.10. The Kier molecular flexibility index (Phi) is 4.63. The summed E-state index contributed by atoms with van der Waals surface area (Å²) in [5.74, 6) is -1.34. The number of hydrogen-bond acceptors (Lipinski definition) is 4. The highest BCUT2D eigenvalue weighted by Gasteiger charge is 2.14. The molecule has 0 radical (unpaired) electrons. The lowest BCUT2D eigenvalue weighted by Crippen LogP contribution is -2.37. The zero-order chi connectivity index (χ0) is 15.2. The van der Waals surface area contributed by atoms with Gasteiger partial charge in [-0.25, -0.2) is 4.79 Å². The monoisotopic (exact) mass is 285 g/mol. The van der Waals surface area contributed by atoms with E-state index in [-0.39, 0.29) is 11.5 Å². The molecule has 1 amide bonds. The molecule has 0 bridgehead atoms. The van der Waals surface area contributed by atoms with Crippen LogP contribution in [0.3, 0.4) is 0 Å². The van der Waals surface area contributed by atoms with E-state index in [1.807, 2.05) is 0 Å². The van der Waals surface area contributed by atoms with Gasteiger partial charge in [0, 0.05) is 18.1 Å². The number of benzene rings is 1. The van der Waals surface area contributed by atoms with Crippen molar-refractivity contribution < 1.29 is 14.7 Å². The van der Waals surface area contributed by atoms with Crippen LogP contribution in [0.4, 0.5) is 5.69 Å². The molecule has 6 heteroatoms. The summed E-state index contributed by atoms with van der Waals surface area (Å²) < 4.78 is 0. The molecule has 0 saturated heterocycles. The van der Waals surface area contributed by atoms with Gasteiger partial charge in [0.15, 0.2) is 0 Å². The highest BCUT2D eigenvalue weighted by molar-refractivity contribution is 5.95. The van der Waals surface area contributed by atoms with Gasteiger partial charge in [-0.1, -0.05) is 0 Å². The molecule has 1 aromatic heterocycles. The third-order valence-corrected chi connectivity index (χ3v) is 2.94. The van der Waals surface area contributed by atoms with Gasteiger partial charge < -0.3 is 16.2 Å². The van der Waals surface area contributed by atoms with Crippen molar-refractivity contribution in [1.29, 1.82) is 0 Å². The molecule has 0 fully saturated rings. The molecule has 0 aliphatic rings. The van der Waals surface area contributed by atoms with Crippen molar-refractivity contribution in [2.75, 3.05) is 5.32 Å². The number of carboxylic acids is 1. The van der Waals surface area contributed by atoms with E-state index in [0.29, 0.717) is 12.1 Å². The fourth-order valence-electron chi connectivity index (χ4n) is 1.80. The van der Waals surface area contributed by atoms with Crippen LogP contribution >= 0.6 is 0 Å². The molecule has 2 rings (SSSR count). The Bertz CT molecular complexity index is 626. The number of amides is 1. The first-order valence-electron chi connectivity index (χ1n) is 6.35. The number of pyridine rings is 1. The molecular weight excluding hydrogens is 270 g/mol. The van der Waals surface area contributed by atoms with Crippen LogP contribution in [0.1, 0.15) is 15.9 Å². The summed E-state index contributed by atoms with van der Waals surface area (Å²) in [6.45, 7) is 0. The molecule has 1 aromatic carbocycles.